The smallest absolute Gasteiger partial charge is 0.245 e. The number of hydrogen-bond donors (Lipinski definition) is 0. The molecule has 0 N–H and O–H groups in total. The van der Waals surface area contributed by atoms with Crippen LogP contribution in [-0.2, 0) is 16.1 Å². The molecule has 0 aliphatic carbocycles. The molecule has 21 heavy (non-hydrogen) atoms. The van der Waals surface area contributed by atoms with E-state index in [1.54, 1.807) is 23.8 Å². The largest absolute Gasteiger partial charge is 0.338 e. The molecule has 1 aliphatic heterocycles. The zero-order valence-electron chi connectivity index (χ0n) is 13.2. The van der Waals surface area contributed by atoms with E-state index >= 15 is 0 Å². The van der Waals surface area contributed by atoms with Gasteiger partial charge in [0.2, 0.25) is 11.8 Å². The lowest BCUT2D eigenvalue weighted by Gasteiger charge is -2.27. The normalized spacial score (nSPS) is 16.2. The van der Waals surface area contributed by atoms with Crippen LogP contribution in [0.3, 0.4) is 0 Å². The molecule has 1 saturated heterocycles. The molecule has 0 aromatic carbocycles. The van der Waals surface area contributed by atoms with E-state index in [-0.39, 0.29) is 11.8 Å². The molecule has 0 spiro atoms. The number of aromatic nitrogens is 1. The van der Waals surface area contributed by atoms with Crippen LogP contribution in [0, 0.1) is 13.8 Å². The highest BCUT2D eigenvalue weighted by Gasteiger charge is 2.31. The van der Waals surface area contributed by atoms with Crippen LogP contribution in [0.25, 0.3) is 0 Å². The number of pyridine rings is 1. The van der Waals surface area contributed by atoms with Gasteiger partial charge in [-0.3, -0.25) is 14.6 Å². The summed E-state index contributed by atoms with van der Waals surface area (Å²) in [5.41, 5.74) is 2.97. The SMILES string of the molecule is Cc1cc(C)nc(CN(C)C(=O)[C@H](C)N2CCCC2=O)c1. The zero-order chi connectivity index (χ0) is 15.6. The van der Waals surface area contributed by atoms with Crippen molar-refractivity contribution in [3.05, 3.63) is 29.1 Å². The molecular formula is C16H23N3O2. The molecule has 114 valence electrons. The van der Waals surface area contributed by atoms with Crippen molar-refractivity contribution >= 4 is 11.8 Å². The third kappa shape index (κ3) is 3.60. The molecule has 1 fully saturated rings. The van der Waals surface area contributed by atoms with Crippen LogP contribution >= 0.6 is 0 Å². The summed E-state index contributed by atoms with van der Waals surface area (Å²) < 4.78 is 0. The predicted molar refractivity (Wildman–Crippen MR) is 80.6 cm³/mol. The highest BCUT2D eigenvalue weighted by Crippen LogP contribution is 2.15. The maximum atomic E-state index is 12.5. The lowest BCUT2D eigenvalue weighted by Crippen LogP contribution is -2.46. The van der Waals surface area contributed by atoms with Crippen LogP contribution in [0.15, 0.2) is 12.1 Å². The second-order valence-electron chi connectivity index (χ2n) is 5.84. The quantitative estimate of drug-likeness (QED) is 0.847. The fourth-order valence-corrected chi connectivity index (χ4v) is 2.86. The molecule has 5 nitrogen and oxygen atoms in total. The number of carbonyl (C=O) groups excluding carboxylic acids is 2. The van der Waals surface area contributed by atoms with Crippen LogP contribution in [-0.4, -0.2) is 46.2 Å². The summed E-state index contributed by atoms with van der Waals surface area (Å²) in [7, 11) is 1.76. The average molecular weight is 289 g/mol. The van der Waals surface area contributed by atoms with Crippen molar-refractivity contribution in [1.29, 1.82) is 0 Å². The first-order valence-electron chi connectivity index (χ1n) is 7.37. The van der Waals surface area contributed by atoms with E-state index in [4.69, 9.17) is 0 Å². The molecule has 1 aromatic rings. The first kappa shape index (κ1) is 15.5. The second-order valence-corrected chi connectivity index (χ2v) is 5.84. The number of likely N-dealkylation sites (N-methyl/N-ethyl adjacent to an activating group) is 1. The van der Waals surface area contributed by atoms with Gasteiger partial charge in [0, 0.05) is 25.7 Å². The van der Waals surface area contributed by atoms with Gasteiger partial charge in [0.25, 0.3) is 0 Å². The first-order chi connectivity index (χ1) is 9.88. The van der Waals surface area contributed by atoms with Crippen LogP contribution in [0.1, 0.15) is 36.7 Å². The Morgan fingerprint density at radius 1 is 1.43 bits per heavy atom. The minimum Gasteiger partial charge on any atom is -0.338 e. The molecule has 0 radical (unpaired) electrons. The molecule has 0 saturated carbocycles. The van der Waals surface area contributed by atoms with Crippen molar-refractivity contribution in [2.75, 3.05) is 13.6 Å². The monoisotopic (exact) mass is 289 g/mol. The van der Waals surface area contributed by atoms with E-state index < -0.39 is 6.04 Å². The Morgan fingerprint density at radius 3 is 2.71 bits per heavy atom. The standard InChI is InChI=1S/C16H23N3O2/c1-11-8-12(2)17-14(9-11)10-18(4)16(21)13(3)19-7-5-6-15(19)20/h8-9,13H,5-7,10H2,1-4H3/t13-/m0/s1. The average Bonchev–Trinajstić information content (AvgIpc) is 2.82. The van der Waals surface area contributed by atoms with E-state index in [2.05, 4.69) is 4.98 Å². The van der Waals surface area contributed by atoms with Crippen LogP contribution in [0.4, 0.5) is 0 Å². The van der Waals surface area contributed by atoms with Gasteiger partial charge in [0.15, 0.2) is 0 Å². The van der Waals surface area contributed by atoms with E-state index in [1.165, 1.54) is 0 Å². The summed E-state index contributed by atoms with van der Waals surface area (Å²) in [5.74, 6) is 0.0417. The molecular weight excluding hydrogens is 266 g/mol. The molecule has 1 aliphatic rings. The second kappa shape index (κ2) is 6.24. The first-order valence-corrected chi connectivity index (χ1v) is 7.37. The molecule has 1 atom stereocenters. The van der Waals surface area contributed by atoms with Gasteiger partial charge in [-0.1, -0.05) is 0 Å². The van der Waals surface area contributed by atoms with Crippen molar-refractivity contribution in [3.8, 4) is 0 Å². The van der Waals surface area contributed by atoms with E-state index in [0.717, 1.165) is 23.4 Å². The molecule has 2 heterocycles. The van der Waals surface area contributed by atoms with Crippen molar-refractivity contribution < 1.29 is 9.59 Å². The maximum absolute atomic E-state index is 12.5. The molecule has 1 aromatic heterocycles. The molecule has 2 amide bonds. The van der Waals surface area contributed by atoms with Gasteiger partial charge in [-0.2, -0.15) is 0 Å². The fourth-order valence-electron chi connectivity index (χ4n) is 2.86. The Labute approximate surface area is 126 Å². The van der Waals surface area contributed by atoms with Gasteiger partial charge in [-0.15, -0.1) is 0 Å². The van der Waals surface area contributed by atoms with E-state index in [0.29, 0.717) is 19.5 Å². The van der Waals surface area contributed by atoms with Crippen LogP contribution in [0.2, 0.25) is 0 Å². The van der Waals surface area contributed by atoms with Gasteiger partial charge < -0.3 is 9.80 Å². The van der Waals surface area contributed by atoms with Crippen LogP contribution in [0.5, 0.6) is 0 Å². The summed E-state index contributed by atoms with van der Waals surface area (Å²) in [6.45, 7) is 6.92. The number of hydrogen-bond acceptors (Lipinski definition) is 3. The van der Waals surface area contributed by atoms with E-state index in [1.807, 2.05) is 26.0 Å². The summed E-state index contributed by atoms with van der Waals surface area (Å²) in [6.07, 6.45) is 1.40. The van der Waals surface area contributed by atoms with Gasteiger partial charge in [-0.25, -0.2) is 0 Å². The third-order valence-corrected chi connectivity index (χ3v) is 3.86. The van der Waals surface area contributed by atoms with Gasteiger partial charge in [0.05, 0.1) is 12.2 Å². The Balaban J connectivity index is 2.03. The third-order valence-electron chi connectivity index (χ3n) is 3.86. The van der Waals surface area contributed by atoms with Gasteiger partial charge in [-0.05, 0) is 44.9 Å². The molecule has 0 bridgehead atoms. The number of amides is 2. The van der Waals surface area contributed by atoms with Gasteiger partial charge in [0.1, 0.15) is 6.04 Å². The molecule has 5 heteroatoms. The fraction of sp³-hybridized carbons (Fsp3) is 0.562. The number of rotatable bonds is 4. The number of aryl methyl sites for hydroxylation is 2. The Bertz CT molecular complexity index is 536. The van der Waals surface area contributed by atoms with Gasteiger partial charge >= 0.3 is 0 Å². The predicted octanol–water partition coefficient (Wildman–Crippen LogP) is 1.67. The minimum absolute atomic E-state index is 0.0359. The Kier molecular flexibility index (Phi) is 4.60. The maximum Gasteiger partial charge on any atom is 0.245 e. The lowest BCUT2D eigenvalue weighted by atomic mass is 10.2. The number of carbonyl (C=O) groups is 2. The van der Waals surface area contributed by atoms with Crippen molar-refractivity contribution in [1.82, 2.24) is 14.8 Å². The zero-order valence-corrected chi connectivity index (χ0v) is 13.2. The Morgan fingerprint density at radius 2 is 2.14 bits per heavy atom. The Hall–Kier alpha value is -1.91. The lowest BCUT2D eigenvalue weighted by molar-refractivity contribution is -0.142. The summed E-state index contributed by atoms with van der Waals surface area (Å²) in [6, 6.07) is 3.61. The molecule has 0 unspecified atom stereocenters. The topological polar surface area (TPSA) is 53.5 Å². The summed E-state index contributed by atoms with van der Waals surface area (Å²) in [5, 5.41) is 0. The highest BCUT2D eigenvalue weighted by molar-refractivity contribution is 5.88. The minimum atomic E-state index is -0.393. The highest BCUT2D eigenvalue weighted by atomic mass is 16.2. The summed E-state index contributed by atoms with van der Waals surface area (Å²) >= 11 is 0. The van der Waals surface area contributed by atoms with Crippen molar-refractivity contribution in [2.45, 2.75) is 46.2 Å². The molecule has 2 rings (SSSR count). The summed E-state index contributed by atoms with van der Waals surface area (Å²) in [4.78, 5) is 32.0. The van der Waals surface area contributed by atoms with E-state index in [9.17, 15) is 9.59 Å². The number of likely N-dealkylation sites (tertiary alicyclic amines) is 1. The van der Waals surface area contributed by atoms with Crippen molar-refractivity contribution in [3.63, 3.8) is 0 Å². The van der Waals surface area contributed by atoms with Crippen molar-refractivity contribution in [2.24, 2.45) is 0 Å². The van der Waals surface area contributed by atoms with Crippen LogP contribution < -0.4 is 0 Å². The number of nitrogens with zero attached hydrogens (tertiary/aromatic N) is 3.